The summed E-state index contributed by atoms with van der Waals surface area (Å²) < 4.78 is 1.92. The summed E-state index contributed by atoms with van der Waals surface area (Å²) >= 11 is 0. The molecular formula is C13H21N5. The number of nitrogens with zero attached hydrogens (tertiary/aromatic N) is 3. The summed E-state index contributed by atoms with van der Waals surface area (Å²) in [7, 11) is 0. The van der Waals surface area contributed by atoms with E-state index in [4.69, 9.17) is 5.73 Å². The molecule has 5 heteroatoms. The molecule has 2 heterocycles. The van der Waals surface area contributed by atoms with Crippen molar-refractivity contribution in [1.29, 1.82) is 0 Å². The average molecular weight is 247 g/mol. The third kappa shape index (κ3) is 2.52. The predicted octanol–water partition coefficient (Wildman–Crippen LogP) is 1.19. The first-order chi connectivity index (χ1) is 8.55. The summed E-state index contributed by atoms with van der Waals surface area (Å²) in [6, 6.07) is 1.89. The molecule has 5 nitrogen and oxygen atoms in total. The van der Waals surface area contributed by atoms with Gasteiger partial charge in [-0.3, -0.25) is 4.40 Å². The van der Waals surface area contributed by atoms with Gasteiger partial charge < -0.3 is 11.1 Å². The molecule has 0 amide bonds. The third-order valence-corrected chi connectivity index (χ3v) is 3.66. The highest BCUT2D eigenvalue weighted by atomic mass is 15.1. The van der Waals surface area contributed by atoms with Crippen LogP contribution in [0.2, 0.25) is 0 Å². The molecule has 18 heavy (non-hydrogen) atoms. The number of hydrogen-bond donors (Lipinski definition) is 2. The highest BCUT2D eigenvalue weighted by molar-refractivity contribution is 5.29. The van der Waals surface area contributed by atoms with Crippen LogP contribution in [0.25, 0.3) is 5.78 Å². The van der Waals surface area contributed by atoms with Gasteiger partial charge >= 0.3 is 0 Å². The summed E-state index contributed by atoms with van der Waals surface area (Å²) in [6.45, 7) is 7.80. The molecule has 0 aliphatic carbocycles. The quantitative estimate of drug-likeness (QED) is 0.833. The lowest BCUT2D eigenvalue weighted by Gasteiger charge is -2.33. The van der Waals surface area contributed by atoms with Crippen LogP contribution in [-0.2, 0) is 6.54 Å². The number of rotatable bonds is 5. The fourth-order valence-electron chi connectivity index (χ4n) is 1.77. The number of hydrogen-bond acceptors (Lipinski definition) is 4. The molecule has 0 saturated carbocycles. The van der Waals surface area contributed by atoms with Crippen LogP contribution in [0, 0.1) is 5.92 Å². The molecule has 0 aliphatic heterocycles. The van der Waals surface area contributed by atoms with Gasteiger partial charge in [0.25, 0.3) is 0 Å². The van der Waals surface area contributed by atoms with Gasteiger partial charge in [-0.25, -0.2) is 9.97 Å². The monoisotopic (exact) mass is 247 g/mol. The minimum atomic E-state index is -0.0662. The van der Waals surface area contributed by atoms with Crippen molar-refractivity contribution in [3.63, 3.8) is 0 Å². The van der Waals surface area contributed by atoms with Gasteiger partial charge in [-0.05, 0) is 18.9 Å². The Labute approximate surface area is 107 Å². The van der Waals surface area contributed by atoms with Crippen LogP contribution in [0.15, 0.2) is 24.7 Å². The van der Waals surface area contributed by atoms with Crippen molar-refractivity contribution in [2.75, 3.05) is 6.54 Å². The van der Waals surface area contributed by atoms with Crippen molar-refractivity contribution >= 4 is 5.78 Å². The van der Waals surface area contributed by atoms with Crippen molar-refractivity contribution < 1.29 is 0 Å². The van der Waals surface area contributed by atoms with Gasteiger partial charge in [-0.15, -0.1) is 0 Å². The van der Waals surface area contributed by atoms with E-state index < -0.39 is 0 Å². The number of aromatic nitrogens is 3. The van der Waals surface area contributed by atoms with Crippen LogP contribution >= 0.6 is 0 Å². The second kappa shape index (κ2) is 5.04. The standard InChI is InChI=1S/C13H21N5/c1-10(2)13(3,9-14)16-7-11-8-18-6-4-5-15-12(18)17-11/h4-6,8,10,16H,7,9,14H2,1-3H3. The highest BCUT2D eigenvalue weighted by Gasteiger charge is 2.25. The van der Waals surface area contributed by atoms with Crippen molar-refractivity contribution in [2.45, 2.75) is 32.9 Å². The first-order valence-corrected chi connectivity index (χ1v) is 6.29. The topological polar surface area (TPSA) is 68.2 Å². The van der Waals surface area contributed by atoms with Gasteiger partial charge in [0.15, 0.2) is 0 Å². The molecule has 98 valence electrons. The van der Waals surface area contributed by atoms with Gasteiger partial charge in [0, 0.05) is 37.2 Å². The van der Waals surface area contributed by atoms with Crippen LogP contribution in [0.4, 0.5) is 0 Å². The number of imidazole rings is 1. The molecule has 0 aromatic carbocycles. The molecule has 1 atom stereocenters. The molecule has 0 radical (unpaired) electrons. The Kier molecular flexibility index (Phi) is 3.63. The minimum Gasteiger partial charge on any atom is -0.329 e. The normalized spacial score (nSPS) is 15.2. The Hall–Kier alpha value is -1.46. The summed E-state index contributed by atoms with van der Waals surface area (Å²) in [4.78, 5) is 8.66. The van der Waals surface area contributed by atoms with Crippen molar-refractivity contribution in [2.24, 2.45) is 11.7 Å². The van der Waals surface area contributed by atoms with Crippen LogP contribution in [0.3, 0.4) is 0 Å². The molecule has 0 saturated heterocycles. The van der Waals surface area contributed by atoms with E-state index in [1.54, 1.807) is 6.20 Å². The molecule has 2 rings (SSSR count). The first-order valence-electron chi connectivity index (χ1n) is 6.29. The van der Waals surface area contributed by atoms with Crippen molar-refractivity contribution in [3.05, 3.63) is 30.4 Å². The van der Waals surface area contributed by atoms with Crippen LogP contribution in [-0.4, -0.2) is 26.5 Å². The van der Waals surface area contributed by atoms with E-state index in [1.165, 1.54) is 0 Å². The summed E-state index contributed by atoms with van der Waals surface area (Å²) in [5, 5.41) is 3.49. The van der Waals surface area contributed by atoms with Gasteiger partial charge in [0.1, 0.15) is 0 Å². The largest absolute Gasteiger partial charge is 0.329 e. The number of fused-ring (bicyclic) bond motifs is 1. The van der Waals surface area contributed by atoms with Gasteiger partial charge in [-0.2, -0.15) is 0 Å². The maximum Gasteiger partial charge on any atom is 0.233 e. The van der Waals surface area contributed by atoms with Gasteiger partial charge in [0.2, 0.25) is 5.78 Å². The smallest absolute Gasteiger partial charge is 0.233 e. The Bertz CT molecular complexity index is 486. The average Bonchev–Trinajstić information content (AvgIpc) is 2.78. The minimum absolute atomic E-state index is 0.0662. The highest BCUT2D eigenvalue weighted by Crippen LogP contribution is 2.15. The molecule has 2 aromatic heterocycles. The predicted molar refractivity (Wildman–Crippen MR) is 72.1 cm³/mol. The first kappa shape index (κ1) is 13.0. The summed E-state index contributed by atoms with van der Waals surface area (Å²) in [5.74, 6) is 1.20. The second-order valence-corrected chi connectivity index (χ2v) is 5.19. The fraction of sp³-hybridized carbons (Fsp3) is 0.538. The van der Waals surface area contributed by atoms with Crippen LogP contribution in [0.5, 0.6) is 0 Å². The zero-order valence-corrected chi connectivity index (χ0v) is 11.2. The maximum absolute atomic E-state index is 5.85. The Balaban J connectivity index is 2.10. The van der Waals surface area contributed by atoms with E-state index in [0.717, 1.165) is 11.5 Å². The van der Waals surface area contributed by atoms with E-state index in [-0.39, 0.29) is 5.54 Å². The van der Waals surface area contributed by atoms with Crippen LogP contribution in [0.1, 0.15) is 26.5 Å². The number of nitrogens with one attached hydrogen (secondary N) is 1. The van der Waals surface area contributed by atoms with Gasteiger partial charge in [0.05, 0.1) is 5.69 Å². The number of nitrogens with two attached hydrogens (primary N) is 1. The molecule has 0 aliphatic rings. The lowest BCUT2D eigenvalue weighted by atomic mass is 9.88. The molecular weight excluding hydrogens is 226 g/mol. The van der Waals surface area contributed by atoms with E-state index in [1.807, 2.05) is 22.9 Å². The second-order valence-electron chi connectivity index (χ2n) is 5.19. The molecule has 1 unspecified atom stereocenters. The van der Waals surface area contributed by atoms with Gasteiger partial charge in [-0.1, -0.05) is 13.8 Å². The Morgan fingerprint density at radius 2 is 2.28 bits per heavy atom. The van der Waals surface area contributed by atoms with Crippen LogP contribution < -0.4 is 11.1 Å². The lowest BCUT2D eigenvalue weighted by molar-refractivity contribution is 0.266. The Morgan fingerprint density at radius 3 is 2.89 bits per heavy atom. The van der Waals surface area contributed by atoms with Crippen molar-refractivity contribution in [1.82, 2.24) is 19.7 Å². The van der Waals surface area contributed by atoms with E-state index >= 15 is 0 Å². The summed E-state index contributed by atoms with van der Waals surface area (Å²) in [6.07, 6.45) is 5.69. The molecule has 0 fully saturated rings. The van der Waals surface area contributed by atoms with E-state index in [9.17, 15) is 0 Å². The lowest BCUT2D eigenvalue weighted by Crippen LogP contribution is -2.52. The van der Waals surface area contributed by atoms with E-state index in [2.05, 4.69) is 36.1 Å². The van der Waals surface area contributed by atoms with Crippen molar-refractivity contribution in [3.8, 4) is 0 Å². The Morgan fingerprint density at radius 1 is 1.50 bits per heavy atom. The summed E-state index contributed by atoms with van der Waals surface area (Å²) in [5.41, 5.74) is 6.76. The zero-order valence-electron chi connectivity index (χ0n) is 11.2. The third-order valence-electron chi connectivity index (χ3n) is 3.66. The van der Waals surface area contributed by atoms with E-state index in [0.29, 0.717) is 19.0 Å². The molecule has 3 N–H and O–H groups in total. The molecule has 0 spiro atoms. The zero-order chi connectivity index (χ0) is 13.2. The fourth-order valence-corrected chi connectivity index (χ4v) is 1.77. The maximum atomic E-state index is 5.85. The SMILES string of the molecule is CC(C)C(C)(CN)NCc1cn2cccnc2n1. The molecule has 0 bridgehead atoms. The molecule has 2 aromatic rings.